The van der Waals surface area contributed by atoms with Crippen LogP contribution in [0.15, 0.2) is 12.4 Å². The van der Waals surface area contributed by atoms with Crippen LogP contribution in [-0.4, -0.2) is 21.2 Å². The molecule has 84 valence electrons. The normalized spacial score (nSPS) is 11.5. The number of hydrogen-bond acceptors (Lipinski definition) is 2. The van der Waals surface area contributed by atoms with E-state index in [9.17, 15) is 4.79 Å². The number of nitrogens with zero attached hydrogens (tertiary/aromatic N) is 2. The minimum atomic E-state index is -0.156. The maximum atomic E-state index is 11.5. The third-order valence-corrected chi connectivity index (χ3v) is 1.84. The van der Waals surface area contributed by atoms with Gasteiger partial charge in [-0.2, -0.15) is 5.10 Å². The second-order valence-corrected chi connectivity index (χ2v) is 4.83. The molecule has 0 unspecified atom stereocenters. The second kappa shape index (κ2) is 4.47. The summed E-state index contributed by atoms with van der Waals surface area (Å²) in [4.78, 5) is 11.5. The summed E-state index contributed by atoms with van der Waals surface area (Å²) in [6, 6.07) is 0. The molecule has 4 nitrogen and oxygen atoms in total. The van der Waals surface area contributed by atoms with Crippen LogP contribution in [0, 0.1) is 6.92 Å². The van der Waals surface area contributed by atoms with E-state index in [1.54, 1.807) is 10.9 Å². The topological polar surface area (TPSA) is 46.9 Å². The Hall–Kier alpha value is -1.32. The lowest BCUT2D eigenvalue weighted by Crippen LogP contribution is -2.40. The first-order valence-electron chi connectivity index (χ1n) is 5.17. The van der Waals surface area contributed by atoms with Crippen LogP contribution in [0.1, 0.15) is 32.8 Å². The van der Waals surface area contributed by atoms with Crippen molar-refractivity contribution in [3.8, 4) is 0 Å². The van der Waals surface area contributed by atoms with Crippen LogP contribution in [0.5, 0.6) is 0 Å². The molecule has 0 aliphatic heterocycles. The summed E-state index contributed by atoms with van der Waals surface area (Å²) in [5.74, 6) is 0.0654. The quantitative estimate of drug-likeness (QED) is 0.820. The van der Waals surface area contributed by atoms with E-state index in [-0.39, 0.29) is 11.4 Å². The van der Waals surface area contributed by atoms with Crippen molar-refractivity contribution in [2.75, 3.05) is 0 Å². The molecule has 1 heterocycles. The molecule has 0 saturated carbocycles. The fraction of sp³-hybridized carbons (Fsp3) is 0.636. The van der Waals surface area contributed by atoms with E-state index >= 15 is 0 Å². The molecule has 0 fully saturated rings. The van der Waals surface area contributed by atoms with E-state index in [1.807, 2.05) is 33.9 Å². The number of rotatable bonds is 3. The Morgan fingerprint density at radius 1 is 1.53 bits per heavy atom. The average Bonchev–Trinajstić information content (AvgIpc) is 2.45. The zero-order valence-electron chi connectivity index (χ0n) is 9.87. The molecule has 0 radical (unpaired) electrons. The third-order valence-electron chi connectivity index (χ3n) is 1.84. The number of nitrogens with one attached hydrogen (secondary N) is 1. The van der Waals surface area contributed by atoms with Crippen LogP contribution < -0.4 is 5.32 Å². The Balaban J connectivity index is 2.35. The van der Waals surface area contributed by atoms with Crippen LogP contribution in [-0.2, 0) is 11.3 Å². The summed E-state index contributed by atoms with van der Waals surface area (Å²) in [5.41, 5.74) is 0.961. The van der Waals surface area contributed by atoms with Gasteiger partial charge < -0.3 is 5.32 Å². The molecule has 0 aromatic carbocycles. The molecule has 1 rings (SSSR count). The number of carbonyl (C=O) groups is 1. The van der Waals surface area contributed by atoms with Gasteiger partial charge in [0, 0.05) is 24.7 Å². The molecular weight excluding hydrogens is 190 g/mol. The standard InChI is InChI=1S/C11H19N3O/c1-9-7-12-14(8-9)6-5-10(15)13-11(2,3)4/h7-8H,5-6H2,1-4H3,(H,13,15). The van der Waals surface area contributed by atoms with Gasteiger partial charge in [-0.25, -0.2) is 0 Å². The van der Waals surface area contributed by atoms with E-state index < -0.39 is 0 Å². The van der Waals surface area contributed by atoms with Crippen LogP contribution in [0.2, 0.25) is 0 Å². The predicted octanol–water partition coefficient (Wildman–Crippen LogP) is 1.50. The van der Waals surface area contributed by atoms with Crippen LogP contribution in [0.3, 0.4) is 0 Å². The maximum absolute atomic E-state index is 11.5. The van der Waals surface area contributed by atoms with Gasteiger partial charge in [0.2, 0.25) is 5.91 Å². The lowest BCUT2D eigenvalue weighted by Gasteiger charge is -2.20. The molecule has 4 heteroatoms. The number of amides is 1. The summed E-state index contributed by atoms with van der Waals surface area (Å²) in [6.45, 7) is 8.54. The molecule has 15 heavy (non-hydrogen) atoms. The van der Waals surface area contributed by atoms with Gasteiger partial charge in [0.15, 0.2) is 0 Å². The van der Waals surface area contributed by atoms with Crippen molar-refractivity contribution >= 4 is 5.91 Å². The van der Waals surface area contributed by atoms with E-state index in [0.29, 0.717) is 13.0 Å². The predicted molar refractivity (Wildman–Crippen MR) is 59.5 cm³/mol. The highest BCUT2D eigenvalue weighted by Crippen LogP contribution is 2.00. The Kier molecular flexibility index (Phi) is 3.50. The summed E-state index contributed by atoms with van der Waals surface area (Å²) >= 11 is 0. The van der Waals surface area contributed by atoms with Gasteiger partial charge in [0.25, 0.3) is 0 Å². The molecule has 1 N–H and O–H groups in total. The van der Waals surface area contributed by atoms with Crippen molar-refractivity contribution in [2.45, 2.75) is 46.2 Å². The largest absolute Gasteiger partial charge is 0.351 e. The molecule has 1 aromatic heterocycles. The molecule has 1 aromatic rings. The van der Waals surface area contributed by atoms with Crippen molar-refractivity contribution in [2.24, 2.45) is 0 Å². The monoisotopic (exact) mass is 209 g/mol. The zero-order chi connectivity index (χ0) is 11.5. The Morgan fingerprint density at radius 3 is 2.67 bits per heavy atom. The van der Waals surface area contributed by atoms with Gasteiger partial charge in [-0.05, 0) is 33.3 Å². The number of carbonyl (C=O) groups excluding carboxylic acids is 1. The molecule has 0 aliphatic carbocycles. The van der Waals surface area contributed by atoms with E-state index in [4.69, 9.17) is 0 Å². The molecule has 0 spiro atoms. The van der Waals surface area contributed by atoms with Gasteiger partial charge in [-0.3, -0.25) is 9.48 Å². The fourth-order valence-corrected chi connectivity index (χ4v) is 1.29. The molecule has 1 amide bonds. The van der Waals surface area contributed by atoms with Crippen molar-refractivity contribution in [3.05, 3.63) is 18.0 Å². The van der Waals surface area contributed by atoms with Crippen molar-refractivity contribution in [1.82, 2.24) is 15.1 Å². The molecule has 0 atom stereocenters. The highest BCUT2D eigenvalue weighted by Gasteiger charge is 2.13. The van der Waals surface area contributed by atoms with Crippen molar-refractivity contribution in [3.63, 3.8) is 0 Å². The number of aromatic nitrogens is 2. The van der Waals surface area contributed by atoms with Crippen LogP contribution in [0.25, 0.3) is 0 Å². The van der Waals surface area contributed by atoms with E-state index in [0.717, 1.165) is 5.56 Å². The van der Waals surface area contributed by atoms with Gasteiger partial charge in [-0.1, -0.05) is 0 Å². The van der Waals surface area contributed by atoms with Crippen LogP contribution in [0.4, 0.5) is 0 Å². The first-order valence-corrected chi connectivity index (χ1v) is 5.17. The number of aryl methyl sites for hydroxylation is 2. The van der Waals surface area contributed by atoms with Crippen molar-refractivity contribution in [1.29, 1.82) is 0 Å². The van der Waals surface area contributed by atoms with Gasteiger partial charge in [-0.15, -0.1) is 0 Å². The van der Waals surface area contributed by atoms with E-state index in [1.165, 1.54) is 0 Å². The first kappa shape index (κ1) is 11.8. The summed E-state index contributed by atoms with van der Waals surface area (Å²) in [7, 11) is 0. The fourth-order valence-electron chi connectivity index (χ4n) is 1.29. The third kappa shape index (κ3) is 4.63. The minimum Gasteiger partial charge on any atom is -0.351 e. The van der Waals surface area contributed by atoms with Gasteiger partial charge in [0.05, 0.1) is 6.20 Å². The summed E-state index contributed by atoms with van der Waals surface area (Å²) in [5, 5.41) is 7.04. The highest BCUT2D eigenvalue weighted by molar-refractivity contribution is 5.76. The SMILES string of the molecule is Cc1cnn(CCC(=O)NC(C)(C)C)c1. The summed E-state index contributed by atoms with van der Waals surface area (Å²) < 4.78 is 1.79. The highest BCUT2D eigenvalue weighted by atomic mass is 16.1. The zero-order valence-corrected chi connectivity index (χ0v) is 9.87. The number of hydrogen-bond donors (Lipinski definition) is 1. The first-order chi connectivity index (χ1) is 6.87. The molecule has 0 bridgehead atoms. The maximum Gasteiger partial charge on any atom is 0.222 e. The summed E-state index contributed by atoms with van der Waals surface area (Å²) in [6.07, 6.45) is 4.20. The lowest BCUT2D eigenvalue weighted by molar-refractivity contribution is -0.122. The Bertz CT molecular complexity index is 336. The van der Waals surface area contributed by atoms with Crippen molar-refractivity contribution < 1.29 is 4.79 Å². The average molecular weight is 209 g/mol. The van der Waals surface area contributed by atoms with E-state index in [2.05, 4.69) is 10.4 Å². The van der Waals surface area contributed by atoms with Gasteiger partial charge in [0.1, 0.15) is 0 Å². The smallest absolute Gasteiger partial charge is 0.222 e. The molecule has 0 saturated heterocycles. The molecule has 0 aliphatic rings. The lowest BCUT2D eigenvalue weighted by atomic mass is 10.1. The van der Waals surface area contributed by atoms with Crippen LogP contribution >= 0.6 is 0 Å². The minimum absolute atomic E-state index is 0.0654. The Labute approximate surface area is 90.7 Å². The second-order valence-electron chi connectivity index (χ2n) is 4.83. The Morgan fingerprint density at radius 2 is 2.20 bits per heavy atom. The van der Waals surface area contributed by atoms with Gasteiger partial charge >= 0.3 is 0 Å². The molecular formula is C11H19N3O.